The number of methoxy groups -OCH3 is 1. The van der Waals surface area contributed by atoms with Crippen molar-refractivity contribution < 1.29 is 13.9 Å². The van der Waals surface area contributed by atoms with Crippen LogP contribution in [0.5, 0.6) is 5.75 Å². The van der Waals surface area contributed by atoms with Crippen LogP contribution in [-0.4, -0.2) is 54.1 Å². The Morgan fingerprint density at radius 2 is 1.72 bits per heavy atom. The van der Waals surface area contributed by atoms with Gasteiger partial charge in [0.1, 0.15) is 17.4 Å². The first-order valence-corrected chi connectivity index (χ1v) is 10.5. The number of halogens is 1. The van der Waals surface area contributed by atoms with Crippen molar-refractivity contribution in [1.82, 2.24) is 14.9 Å². The van der Waals surface area contributed by atoms with Crippen LogP contribution in [0.1, 0.15) is 21.6 Å². The lowest BCUT2D eigenvalue weighted by molar-refractivity contribution is 0.0745. The van der Waals surface area contributed by atoms with Gasteiger partial charge in [-0.3, -0.25) is 4.79 Å². The standard InChI is InChI=1S/C24H26FN5O2/c1-16-4-5-18(15-21(16)25)23(31)29-10-12-30(13-11-29)24-26-17(2)14-22(28-24)27-19-6-8-20(32-3)9-7-19/h4-9,14-15H,10-13H2,1-3H3,(H,26,27,28). The van der Waals surface area contributed by atoms with Crippen molar-refractivity contribution in [3.05, 3.63) is 71.2 Å². The molecule has 0 saturated carbocycles. The van der Waals surface area contributed by atoms with E-state index in [1.807, 2.05) is 37.3 Å². The van der Waals surface area contributed by atoms with E-state index >= 15 is 0 Å². The van der Waals surface area contributed by atoms with Crippen LogP contribution in [0.15, 0.2) is 48.5 Å². The molecule has 1 N–H and O–H groups in total. The predicted molar refractivity (Wildman–Crippen MR) is 122 cm³/mol. The number of aromatic nitrogens is 2. The minimum Gasteiger partial charge on any atom is -0.497 e. The molecular weight excluding hydrogens is 409 g/mol. The third-order valence-electron chi connectivity index (χ3n) is 5.47. The highest BCUT2D eigenvalue weighted by Crippen LogP contribution is 2.22. The molecule has 32 heavy (non-hydrogen) atoms. The quantitative estimate of drug-likeness (QED) is 0.655. The highest BCUT2D eigenvalue weighted by Gasteiger charge is 2.24. The average molecular weight is 436 g/mol. The molecule has 1 aliphatic rings. The smallest absolute Gasteiger partial charge is 0.254 e. The van der Waals surface area contributed by atoms with Gasteiger partial charge < -0.3 is 19.9 Å². The van der Waals surface area contributed by atoms with Crippen molar-refractivity contribution in [3.8, 4) is 5.75 Å². The summed E-state index contributed by atoms with van der Waals surface area (Å²) in [7, 11) is 1.63. The van der Waals surface area contributed by atoms with Gasteiger partial charge in [0.05, 0.1) is 7.11 Å². The lowest BCUT2D eigenvalue weighted by Crippen LogP contribution is -2.49. The second-order valence-electron chi connectivity index (χ2n) is 7.79. The van der Waals surface area contributed by atoms with Crippen LogP contribution in [-0.2, 0) is 0 Å². The molecule has 1 fully saturated rings. The van der Waals surface area contributed by atoms with Gasteiger partial charge in [-0.15, -0.1) is 0 Å². The molecule has 0 radical (unpaired) electrons. The van der Waals surface area contributed by atoms with Crippen molar-refractivity contribution in [3.63, 3.8) is 0 Å². The number of aryl methyl sites for hydroxylation is 2. The number of nitrogens with zero attached hydrogens (tertiary/aromatic N) is 4. The largest absolute Gasteiger partial charge is 0.497 e. The second-order valence-corrected chi connectivity index (χ2v) is 7.79. The van der Waals surface area contributed by atoms with Crippen molar-refractivity contribution in [1.29, 1.82) is 0 Å². The third kappa shape index (κ3) is 4.80. The van der Waals surface area contributed by atoms with Gasteiger partial charge in [-0.2, -0.15) is 4.98 Å². The Hall–Kier alpha value is -3.68. The number of carbonyl (C=O) groups excluding carboxylic acids is 1. The van der Waals surface area contributed by atoms with Crippen LogP contribution in [0.4, 0.5) is 21.8 Å². The Morgan fingerprint density at radius 3 is 2.38 bits per heavy atom. The molecule has 0 aliphatic carbocycles. The van der Waals surface area contributed by atoms with E-state index in [1.165, 1.54) is 6.07 Å². The summed E-state index contributed by atoms with van der Waals surface area (Å²) in [6.07, 6.45) is 0. The van der Waals surface area contributed by atoms with Crippen molar-refractivity contribution in [2.45, 2.75) is 13.8 Å². The minimum atomic E-state index is -0.362. The van der Waals surface area contributed by atoms with Crippen molar-refractivity contribution in [2.24, 2.45) is 0 Å². The van der Waals surface area contributed by atoms with Gasteiger partial charge in [0.25, 0.3) is 5.91 Å². The summed E-state index contributed by atoms with van der Waals surface area (Å²) in [5, 5.41) is 3.30. The third-order valence-corrected chi connectivity index (χ3v) is 5.47. The maximum atomic E-state index is 13.9. The number of nitrogens with one attached hydrogen (secondary N) is 1. The molecule has 7 nitrogen and oxygen atoms in total. The normalized spacial score (nSPS) is 13.8. The number of hydrogen-bond acceptors (Lipinski definition) is 6. The molecule has 0 unspecified atom stereocenters. The maximum absolute atomic E-state index is 13.9. The van der Waals surface area contributed by atoms with Crippen LogP contribution in [0.3, 0.4) is 0 Å². The van der Waals surface area contributed by atoms with E-state index in [9.17, 15) is 9.18 Å². The predicted octanol–water partition coefficient (Wildman–Crippen LogP) is 3.95. The monoisotopic (exact) mass is 435 g/mol. The summed E-state index contributed by atoms with van der Waals surface area (Å²) in [4.78, 5) is 25.8. The zero-order valence-corrected chi connectivity index (χ0v) is 18.4. The average Bonchev–Trinajstić information content (AvgIpc) is 2.80. The Kier molecular flexibility index (Phi) is 6.20. The molecule has 3 aromatic rings. The molecule has 1 amide bonds. The molecule has 166 valence electrons. The molecule has 1 aliphatic heterocycles. The Bertz CT molecular complexity index is 1110. The van der Waals surface area contributed by atoms with Crippen LogP contribution >= 0.6 is 0 Å². The topological polar surface area (TPSA) is 70.6 Å². The fourth-order valence-electron chi connectivity index (χ4n) is 3.60. The number of rotatable bonds is 5. The lowest BCUT2D eigenvalue weighted by Gasteiger charge is -2.35. The van der Waals surface area contributed by atoms with E-state index in [0.29, 0.717) is 49.1 Å². The SMILES string of the molecule is COc1ccc(Nc2cc(C)nc(N3CCN(C(=O)c4ccc(C)c(F)c4)CC3)n2)cc1. The van der Waals surface area contributed by atoms with E-state index in [1.54, 1.807) is 31.1 Å². The van der Waals surface area contributed by atoms with E-state index in [-0.39, 0.29) is 11.7 Å². The fraction of sp³-hybridized carbons (Fsp3) is 0.292. The van der Waals surface area contributed by atoms with Crippen molar-refractivity contribution in [2.75, 3.05) is 43.5 Å². The molecule has 8 heteroatoms. The van der Waals surface area contributed by atoms with E-state index in [0.717, 1.165) is 17.1 Å². The summed E-state index contributed by atoms with van der Waals surface area (Å²) in [6.45, 7) is 5.86. The van der Waals surface area contributed by atoms with E-state index in [4.69, 9.17) is 4.74 Å². The Morgan fingerprint density at radius 1 is 1.00 bits per heavy atom. The Labute approximate surface area is 186 Å². The molecule has 1 saturated heterocycles. The van der Waals surface area contributed by atoms with Gasteiger partial charge in [0, 0.05) is 49.2 Å². The summed E-state index contributed by atoms with van der Waals surface area (Å²) < 4.78 is 19.0. The number of amides is 1. The van der Waals surface area contributed by atoms with Gasteiger partial charge in [-0.05, 0) is 55.8 Å². The molecule has 0 bridgehead atoms. The summed E-state index contributed by atoms with van der Waals surface area (Å²) in [5.74, 6) is 1.59. The van der Waals surface area contributed by atoms with Gasteiger partial charge >= 0.3 is 0 Å². The van der Waals surface area contributed by atoms with Crippen LogP contribution < -0.4 is 15.0 Å². The maximum Gasteiger partial charge on any atom is 0.254 e. The molecule has 2 aromatic carbocycles. The minimum absolute atomic E-state index is 0.157. The number of carbonyl (C=O) groups is 1. The van der Waals surface area contributed by atoms with Crippen LogP contribution in [0.2, 0.25) is 0 Å². The van der Waals surface area contributed by atoms with Gasteiger partial charge in [-0.25, -0.2) is 9.37 Å². The first kappa shape index (κ1) is 21.5. The first-order chi connectivity index (χ1) is 15.4. The highest BCUT2D eigenvalue weighted by molar-refractivity contribution is 5.94. The van der Waals surface area contributed by atoms with E-state index in [2.05, 4.69) is 20.2 Å². The number of benzene rings is 2. The number of hydrogen-bond donors (Lipinski definition) is 1. The fourth-order valence-corrected chi connectivity index (χ4v) is 3.60. The zero-order chi connectivity index (χ0) is 22.7. The second kappa shape index (κ2) is 9.21. The van der Waals surface area contributed by atoms with Gasteiger partial charge in [-0.1, -0.05) is 6.07 Å². The highest BCUT2D eigenvalue weighted by atomic mass is 19.1. The molecular formula is C24H26FN5O2. The van der Waals surface area contributed by atoms with Crippen molar-refractivity contribution >= 4 is 23.4 Å². The summed E-state index contributed by atoms with van der Waals surface area (Å²) in [5.41, 5.74) is 2.65. The van der Waals surface area contributed by atoms with E-state index < -0.39 is 0 Å². The number of anilines is 3. The number of piperazine rings is 1. The first-order valence-electron chi connectivity index (χ1n) is 10.5. The molecule has 0 atom stereocenters. The number of ether oxygens (including phenoxy) is 1. The van der Waals surface area contributed by atoms with Gasteiger partial charge in [0.15, 0.2) is 0 Å². The molecule has 2 heterocycles. The summed E-state index contributed by atoms with van der Waals surface area (Å²) >= 11 is 0. The molecule has 0 spiro atoms. The summed E-state index contributed by atoms with van der Waals surface area (Å²) in [6, 6.07) is 14.1. The van der Waals surface area contributed by atoms with Gasteiger partial charge in [0.2, 0.25) is 5.95 Å². The van der Waals surface area contributed by atoms with Crippen LogP contribution in [0.25, 0.3) is 0 Å². The zero-order valence-electron chi connectivity index (χ0n) is 18.4. The Balaban J connectivity index is 1.42. The lowest BCUT2D eigenvalue weighted by atomic mass is 10.1. The molecule has 4 rings (SSSR count). The van der Waals surface area contributed by atoms with Crippen LogP contribution in [0, 0.1) is 19.7 Å². The molecule has 1 aromatic heterocycles.